The Bertz CT molecular complexity index is 767. The third-order valence-corrected chi connectivity index (χ3v) is 2.29. The van der Waals surface area contributed by atoms with Gasteiger partial charge in [-0.3, -0.25) is 14.6 Å². The van der Waals surface area contributed by atoms with Crippen LogP contribution in [-0.4, -0.2) is 20.9 Å². The summed E-state index contributed by atoms with van der Waals surface area (Å²) in [4.78, 5) is 38.2. The maximum absolute atomic E-state index is 11.6. The minimum Gasteiger partial charge on any atom is -0.313 e. The third kappa shape index (κ3) is 2.34. The number of aryl methyl sites for hydroxylation is 1. The first kappa shape index (κ1) is 11.8. The zero-order valence-electron chi connectivity index (χ0n) is 9.51. The summed E-state index contributed by atoms with van der Waals surface area (Å²) in [5.41, 5.74) is -0.726. The Morgan fingerprint density at radius 1 is 1.33 bits per heavy atom. The van der Waals surface area contributed by atoms with Crippen LogP contribution in [0.5, 0.6) is 0 Å². The maximum atomic E-state index is 11.6. The SMILES string of the molecule is Cc1cccn(N=Cc2c[nH]c(=O)[nH]c2=O)c1=O. The van der Waals surface area contributed by atoms with Crippen molar-refractivity contribution in [1.29, 1.82) is 0 Å². The highest BCUT2D eigenvalue weighted by Crippen LogP contribution is 1.88. The summed E-state index contributed by atoms with van der Waals surface area (Å²) in [5.74, 6) is 0. The fourth-order valence-electron chi connectivity index (χ4n) is 1.32. The summed E-state index contributed by atoms with van der Waals surface area (Å²) >= 11 is 0. The number of rotatable bonds is 2. The molecule has 2 rings (SSSR count). The van der Waals surface area contributed by atoms with Gasteiger partial charge in [-0.15, -0.1) is 0 Å². The van der Waals surface area contributed by atoms with E-state index < -0.39 is 11.2 Å². The monoisotopic (exact) mass is 246 g/mol. The normalized spacial score (nSPS) is 10.9. The predicted molar refractivity (Wildman–Crippen MR) is 66.1 cm³/mol. The number of aromatic amines is 2. The Kier molecular flexibility index (Phi) is 3.05. The van der Waals surface area contributed by atoms with Gasteiger partial charge < -0.3 is 4.98 Å². The smallest absolute Gasteiger partial charge is 0.313 e. The Morgan fingerprint density at radius 2 is 2.11 bits per heavy atom. The van der Waals surface area contributed by atoms with Crippen molar-refractivity contribution in [3.63, 3.8) is 0 Å². The Labute approximate surface area is 100 Å². The molecule has 0 atom stereocenters. The topological polar surface area (TPSA) is 100 Å². The molecular formula is C11H10N4O3. The predicted octanol–water partition coefficient (Wildman–Crippen LogP) is -0.584. The van der Waals surface area contributed by atoms with E-state index >= 15 is 0 Å². The highest BCUT2D eigenvalue weighted by atomic mass is 16.2. The molecule has 2 N–H and O–H groups in total. The number of aromatic nitrogens is 3. The highest BCUT2D eigenvalue weighted by molar-refractivity contribution is 5.78. The van der Waals surface area contributed by atoms with E-state index in [0.29, 0.717) is 5.56 Å². The lowest BCUT2D eigenvalue weighted by Gasteiger charge is -1.98. The van der Waals surface area contributed by atoms with Crippen molar-refractivity contribution in [3.05, 3.63) is 66.8 Å². The van der Waals surface area contributed by atoms with Gasteiger partial charge in [0, 0.05) is 18.0 Å². The second kappa shape index (κ2) is 4.66. The quantitative estimate of drug-likeness (QED) is 0.693. The van der Waals surface area contributed by atoms with E-state index in [1.54, 1.807) is 19.1 Å². The lowest BCUT2D eigenvalue weighted by molar-refractivity contribution is 0.821. The fraction of sp³-hybridized carbons (Fsp3) is 0.0909. The van der Waals surface area contributed by atoms with Gasteiger partial charge in [0.1, 0.15) is 0 Å². The Balaban J connectivity index is 2.42. The molecule has 0 unspecified atom stereocenters. The van der Waals surface area contributed by atoms with Gasteiger partial charge in [0.15, 0.2) is 0 Å². The van der Waals surface area contributed by atoms with E-state index in [1.165, 1.54) is 18.6 Å². The van der Waals surface area contributed by atoms with Crippen molar-refractivity contribution < 1.29 is 0 Å². The molecule has 0 bridgehead atoms. The zero-order valence-corrected chi connectivity index (χ0v) is 9.51. The minimum atomic E-state index is -0.593. The molecule has 2 aromatic rings. The van der Waals surface area contributed by atoms with E-state index in [9.17, 15) is 14.4 Å². The molecule has 7 heteroatoms. The van der Waals surface area contributed by atoms with Crippen LogP contribution in [0, 0.1) is 6.92 Å². The first-order valence-corrected chi connectivity index (χ1v) is 5.12. The van der Waals surface area contributed by atoms with Crippen molar-refractivity contribution in [2.45, 2.75) is 6.92 Å². The van der Waals surface area contributed by atoms with Crippen LogP contribution in [0.15, 0.2) is 44.0 Å². The van der Waals surface area contributed by atoms with Crippen LogP contribution in [-0.2, 0) is 0 Å². The minimum absolute atomic E-state index is 0.156. The molecule has 92 valence electrons. The average Bonchev–Trinajstić information content (AvgIpc) is 2.33. The van der Waals surface area contributed by atoms with E-state index in [4.69, 9.17) is 0 Å². The van der Waals surface area contributed by atoms with E-state index in [1.807, 2.05) is 0 Å². The fourth-order valence-corrected chi connectivity index (χ4v) is 1.32. The molecule has 0 saturated carbocycles. The number of hydrogen-bond donors (Lipinski definition) is 2. The molecule has 7 nitrogen and oxygen atoms in total. The molecule has 0 saturated heterocycles. The van der Waals surface area contributed by atoms with Crippen LogP contribution in [0.2, 0.25) is 0 Å². The van der Waals surface area contributed by atoms with Crippen molar-refractivity contribution in [3.8, 4) is 0 Å². The lowest BCUT2D eigenvalue weighted by atomic mass is 10.3. The first-order valence-electron chi connectivity index (χ1n) is 5.12. The molecule has 0 spiro atoms. The van der Waals surface area contributed by atoms with E-state index in [2.05, 4.69) is 15.1 Å². The first-order chi connectivity index (χ1) is 8.58. The van der Waals surface area contributed by atoms with Crippen LogP contribution in [0.25, 0.3) is 0 Å². The molecule has 0 amide bonds. The van der Waals surface area contributed by atoms with Crippen LogP contribution >= 0.6 is 0 Å². The molecule has 0 radical (unpaired) electrons. The van der Waals surface area contributed by atoms with Crippen LogP contribution in [0.4, 0.5) is 0 Å². The van der Waals surface area contributed by atoms with Gasteiger partial charge in [-0.1, -0.05) is 6.07 Å². The molecular weight excluding hydrogens is 236 g/mol. The highest BCUT2D eigenvalue weighted by Gasteiger charge is 1.98. The van der Waals surface area contributed by atoms with Gasteiger partial charge in [0.2, 0.25) is 0 Å². The van der Waals surface area contributed by atoms with Gasteiger partial charge >= 0.3 is 5.69 Å². The lowest BCUT2D eigenvalue weighted by Crippen LogP contribution is -2.25. The maximum Gasteiger partial charge on any atom is 0.325 e. The van der Waals surface area contributed by atoms with Crippen molar-refractivity contribution in [1.82, 2.24) is 14.6 Å². The third-order valence-electron chi connectivity index (χ3n) is 2.29. The molecule has 0 fully saturated rings. The van der Waals surface area contributed by atoms with Crippen molar-refractivity contribution in [2.75, 3.05) is 0 Å². The Hall–Kier alpha value is -2.70. The number of H-pyrrole nitrogens is 2. The molecule has 18 heavy (non-hydrogen) atoms. The van der Waals surface area contributed by atoms with Crippen LogP contribution in [0.3, 0.4) is 0 Å². The van der Waals surface area contributed by atoms with Crippen molar-refractivity contribution >= 4 is 6.21 Å². The standard InChI is InChI=1S/C11H10N4O3/c1-7-3-2-4-15(10(7)17)13-6-8-5-12-11(18)14-9(8)16/h2-6H,1H3,(H2,12,14,16,18). The number of nitrogens with one attached hydrogen (secondary N) is 2. The number of hydrogen-bond acceptors (Lipinski definition) is 4. The summed E-state index contributed by atoms with van der Waals surface area (Å²) in [7, 11) is 0. The summed E-state index contributed by atoms with van der Waals surface area (Å²) in [5, 5.41) is 3.86. The number of pyridine rings is 1. The van der Waals surface area contributed by atoms with Gasteiger partial charge in [-0.25, -0.2) is 9.47 Å². The van der Waals surface area contributed by atoms with Gasteiger partial charge in [0.25, 0.3) is 11.1 Å². The molecule has 0 aliphatic rings. The van der Waals surface area contributed by atoms with E-state index in [-0.39, 0.29) is 11.1 Å². The Morgan fingerprint density at radius 3 is 2.83 bits per heavy atom. The van der Waals surface area contributed by atoms with Crippen LogP contribution < -0.4 is 16.8 Å². The van der Waals surface area contributed by atoms with Crippen molar-refractivity contribution in [2.24, 2.45) is 5.10 Å². The summed E-state index contributed by atoms with van der Waals surface area (Å²) in [6, 6.07) is 3.34. The largest absolute Gasteiger partial charge is 0.325 e. The molecule has 2 aromatic heterocycles. The second-order valence-electron chi connectivity index (χ2n) is 3.61. The molecule has 2 heterocycles. The average molecular weight is 246 g/mol. The summed E-state index contributed by atoms with van der Waals surface area (Å²) < 4.78 is 1.11. The number of nitrogens with zero attached hydrogens (tertiary/aromatic N) is 2. The van der Waals surface area contributed by atoms with E-state index in [0.717, 1.165) is 4.68 Å². The molecule has 0 aliphatic carbocycles. The summed E-state index contributed by atoms with van der Waals surface area (Å²) in [6.07, 6.45) is 3.91. The second-order valence-corrected chi connectivity index (χ2v) is 3.61. The summed E-state index contributed by atoms with van der Waals surface area (Å²) in [6.45, 7) is 1.67. The van der Waals surface area contributed by atoms with Gasteiger partial charge in [0.05, 0.1) is 11.8 Å². The molecule has 0 aromatic carbocycles. The van der Waals surface area contributed by atoms with Crippen LogP contribution in [0.1, 0.15) is 11.1 Å². The van der Waals surface area contributed by atoms with Gasteiger partial charge in [-0.05, 0) is 13.0 Å². The van der Waals surface area contributed by atoms with Gasteiger partial charge in [-0.2, -0.15) is 5.10 Å². The molecule has 0 aliphatic heterocycles. The zero-order chi connectivity index (χ0) is 13.1.